The summed E-state index contributed by atoms with van der Waals surface area (Å²) >= 11 is 0. The van der Waals surface area contributed by atoms with Crippen LogP contribution in [0, 0.1) is 0 Å². The third-order valence-electron chi connectivity index (χ3n) is 3.11. The van der Waals surface area contributed by atoms with Gasteiger partial charge >= 0.3 is 0 Å². The molecule has 3 nitrogen and oxygen atoms in total. The number of aliphatic hydroxyl groups excluding tert-OH is 1. The minimum Gasteiger partial charge on any atom is -0.381 e. The van der Waals surface area contributed by atoms with Crippen molar-refractivity contribution < 1.29 is 14.7 Å². The normalized spacial score (nSPS) is 11.8. The van der Waals surface area contributed by atoms with Gasteiger partial charge in [-0.1, -0.05) is 60.7 Å². The summed E-state index contributed by atoms with van der Waals surface area (Å²) in [5.74, 6) is -0.417. The van der Waals surface area contributed by atoms with Gasteiger partial charge in [-0.25, -0.2) is 0 Å². The van der Waals surface area contributed by atoms with Crippen LogP contribution in [0.2, 0.25) is 0 Å². The van der Waals surface area contributed by atoms with Crippen molar-refractivity contribution in [3.8, 4) is 0 Å². The molecular weight excluding hydrogens is 252 g/mol. The van der Waals surface area contributed by atoms with E-state index in [1.54, 1.807) is 48.5 Å². The van der Waals surface area contributed by atoms with Gasteiger partial charge in [0.05, 0.1) is 0 Å². The second-order valence-corrected chi connectivity index (χ2v) is 4.57. The van der Waals surface area contributed by atoms with Crippen LogP contribution in [-0.2, 0) is 4.79 Å². The molecule has 0 bridgehead atoms. The van der Waals surface area contributed by atoms with E-state index >= 15 is 0 Å². The van der Waals surface area contributed by atoms with Crippen molar-refractivity contribution in [1.82, 2.24) is 0 Å². The highest BCUT2D eigenvalue weighted by Gasteiger charge is 2.18. The number of carbonyl (C=O) groups excluding carboxylic acids is 2. The predicted octanol–water partition coefficient (Wildman–Crippen LogP) is 2.95. The van der Waals surface area contributed by atoms with E-state index in [9.17, 15) is 14.7 Å². The molecule has 0 saturated carbocycles. The van der Waals surface area contributed by atoms with Crippen LogP contribution in [0.15, 0.2) is 60.7 Å². The van der Waals surface area contributed by atoms with Crippen molar-refractivity contribution in [2.24, 2.45) is 0 Å². The van der Waals surface area contributed by atoms with Crippen LogP contribution in [0.1, 0.15) is 34.9 Å². The molecule has 20 heavy (non-hydrogen) atoms. The smallest absolute Gasteiger partial charge is 0.166 e. The first-order chi connectivity index (χ1) is 9.68. The van der Waals surface area contributed by atoms with Gasteiger partial charge in [-0.05, 0) is 5.56 Å². The summed E-state index contributed by atoms with van der Waals surface area (Å²) in [5, 5.41) is 9.91. The van der Waals surface area contributed by atoms with E-state index < -0.39 is 6.10 Å². The molecule has 2 aromatic carbocycles. The fourth-order valence-corrected chi connectivity index (χ4v) is 1.96. The van der Waals surface area contributed by atoms with Crippen molar-refractivity contribution in [3.63, 3.8) is 0 Å². The Bertz CT molecular complexity index is 576. The Labute approximate surface area is 117 Å². The molecule has 0 aliphatic rings. The van der Waals surface area contributed by atoms with Crippen LogP contribution in [0.4, 0.5) is 0 Å². The minimum atomic E-state index is -1.15. The Kier molecular flexibility index (Phi) is 4.80. The summed E-state index contributed by atoms with van der Waals surface area (Å²) < 4.78 is 0. The van der Waals surface area contributed by atoms with Gasteiger partial charge in [-0.2, -0.15) is 0 Å². The van der Waals surface area contributed by atoms with E-state index in [4.69, 9.17) is 0 Å². The maximum Gasteiger partial charge on any atom is 0.166 e. The number of benzene rings is 2. The highest BCUT2D eigenvalue weighted by molar-refractivity contribution is 5.98. The van der Waals surface area contributed by atoms with Crippen LogP contribution in [0.3, 0.4) is 0 Å². The van der Waals surface area contributed by atoms with Gasteiger partial charge < -0.3 is 5.11 Å². The third-order valence-corrected chi connectivity index (χ3v) is 3.11. The number of Topliss-reactive ketones (excluding diaryl/α,β-unsaturated/α-hetero) is 2. The molecule has 0 heterocycles. The van der Waals surface area contributed by atoms with Gasteiger partial charge in [-0.3, -0.25) is 9.59 Å². The lowest BCUT2D eigenvalue weighted by Crippen LogP contribution is -2.13. The quantitative estimate of drug-likeness (QED) is 0.819. The van der Waals surface area contributed by atoms with E-state index in [-0.39, 0.29) is 24.4 Å². The molecule has 2 rings (SSSR count). The zero-order valence-corrected chi connectivity index (χ0v) is 11.0. The average molecular weight is 268 g/mol. The molecule has 102 valence electrons. The molecule has 0 radical (unpaired) electrons. The van der Waals surface area contributed by atoms with Crippen LogP contribution >= 0.6 is 0 Å². The van der Waals surface area contributed by atoms with Gasteiger partial charge in [0.15, 0.2) is 11.6 Å². The van der Waals surface area contributed by atoms with E-state index in [1.807, 2.05) is 12.1 Å². The van der Waals surface area contributed by atoms with Crippen LogP contribution in [-0.4, -0.2) is 16.7 Å². The fourth-order valence-electron chi connectivity index (χ4n) is 1.96. The standard InChI is InChI=1S/C17H16O3/c18-15(13-7-3-1-4-8-13)11-12-16(19)17(20)14-9-5-2-6-10-14/h1-10,17,20H,11-12H2. The Morgan fingerprint density at radius 3 is 2.00 bits per heavy atom. The first-order valence-corrected chi connectivity index (χ1v) is 6.52. The molecule has 2 aromatic rings. The first kappa shape index (κ1) is 14.2. The maximum absolute atomic E-state index is 11.9. The lowest BCUT2D eigenvalue weighted by Gasteiger charge is -2.09. The summed E-state index contributed by atoms with van der Waals surface area (Å²) in [6.07, 6.45) is -0.990. The minimum absolute atomic E-state index is 0.0454. The second kappa shape index (κ2) is 6.78. The summed E-state index contributed by atoms with van der Waals surface area (Å²) in [6.45, 7) is 0. The Morgan fingerprint density at radius 1 is 0.850 bits per heavy atom. The van der Waals surface area contributed by atoms with Crippen molar-refractivity contribution in [2.75, 3.05) is 0 Å². The summed E-state index contributed by atoms with van der Waals surface area (Å²) in [7, 11) is 0. The van der Waals surface area contributed by atoms with E-state index in [0.29, 0.717) is 11.1 Å². The molecule has 1 unspecified atom stereocenters. The number of carbonyl (C=O) groups is 2. The summed E-state index contributed by atoms with van der Waals surface area (Å²) in [5.41, 5.74) is 1.15. The highest BCUT2D eigenvalue weighted by atomic mass is 16.3. The molecule has 1 N–H and O–H groups in total. The van der Waals surface area contributed by atoms with Gasteiger partial charge in [-0.15, -0.1) is 0 Å². The van der Waals surface area contributed by atoms with Crippen molar-refractivity contribution in [1.29, 1.82) is 0 Å². The van der Waals surface area contributed by atoms with Crippen molar-refractivity contribution >= 4 is 11.6 Å². The van der Waals surface area contributed by atoms with Crippen molar-refractivity contribution in [3.05, 3.63) is 71.8 Å². The van der Waals surface area contributed by atoms with Crippen LogP contribution < -0.4 is 0 Å². The van der Waals surface area contributed by atoms with Gasteiger partial charge in [0.1, 0.15) is 6.10 Å². The number of ketones is 2. The lowest BCUT2D eigenvalue weighted by atomic mass is 9.99. The second-order valence-electron chi connectivity index (χ2n) is 4.57. The fraction of sp³-hybridized carbons (Fsp3) is 0.176. The van der Waals surface area contributed by atoms with E-state index in [1.165, 1.54) is 0 Å². The Hall–Kier alpha value is -2.26. The zero-order chi connectivity index (χ0) is 14.4. The molecule has 0 saturated heterocycles. The van der Waals surface area contributed by atoms with Gasteiger partial charge in [0.2, 0.25) is 0 Å². The van der Waals surface area contributed by atoms with Crippen LogP contribution in [0.25, 0.3) is 0 Å². The molecular formula is C17H16O3. The van der Waals surface area contributed by atoms with E-state index in [2.05, 4.69) is 0 Å². The molecule has 0 amide bonds. The molecule has 3 heteroatoms. The molecule has 0 aromatic heterocycles. The maximum atomic E-state index is 11.9. The highest BCUT2D eigenvalue weighted by Crippen LogP contribution is 2.16. The summed E-state index contributed by atoms with van der Waals surface area (Å²) in [6, 6.07) is 17.6. The SMILES string of the molecule is O=C(CCC(=O)C(O)c1ccccc1)c1ccccc1. The molecule has 0 fully saturated rings. The number of rotatable bonds is 6. The largest absolute Gasteiger partial charge is 0.381 e. The average Bonchev–Trinajstić information content (AvgIpc) is 2.53. The molecule has 0 aliphatic heterocycles. The number of hydrogen-bond donors (Lipinski definition) is 1. The monoisotopic (exact) mass is 268 g/mol. The zero-order valence-electron chi connectivity index (χ0n) is 11.0. The Balaban J connectivity index is 1.91. The van der Waals surface area contributed by atoms with Crippen LogP contribution in [0.5, 0.6) is 0 Å². The topological polar surface area (TPSA) is 54.4 Å². The Morgan fingerprint density at radius 2 is 1.40 bits per heavy atom. The predicted molar refractivity (Wildman–Crippen MR) is 76.4 cm³/mol. The third kappa shape index (κ3) is 3.62. The van der Waals surface area contributed by atoms with E-state index in [0.717, 1.165) is 0 Å². The van der Waals surface area contributed by atoms with Gasteiger partial charge in [0.25, 0.3) is 0 Å². The van der Waals surface area contributed by atoms with Gasteiger partial charge in [0, 0.05) is 18.4 Å². The number of aliphatic hydroxyl groups is 1. The molecule has 0 spiro atoms. The lowest BCUT2D eigenvalue weighted by molar-refractivity contribution is -0.127. The number of hydrogen-bond acceptors (Lipinski definition) is 3. The summed E-state index contributed by atoms with van der Waals surface area (Å²) in [4.78, 5) is 23.8. The first-order valence-electron chi connectivity index (χ1n) is 6.52. The molecule has 0 aliphatic carbocycles. The molecule has 1 atom stereocenters. The van der Waals surface area contributed by atoms with Crippen molar-refractivity contribution in [2.45, 2.75) is 18.9 Å².